The van der Waals surface area contributed by atoms with Crippen molar-refractivity contribution < 1.29 is 9.59 Å². The smallest absolute Gasteiger partial charge is 0.152 e. The summed E-state index contributed by atoms with van der Waals surface area (Å²) in [6, 6.07) is 3.77. The summed E-state index contributed by atoms with van der Waals surface area (Å²) in [5.74, 6) is -0.495. The molecule has 0 bridgehead atoms. The molecule has 0 amide bonds. The number of Topliss-reactive ketones (excluding diaryl/α,β-unsaturated/α-hetero) is 1. The molecule has 0 aromatic carbocycles. The van der Waals surface area contributed by atoms with E-state index in [0.717, 1.165) is 39.2 Å². The molecule has 0 radical (unpaired) electrons. The van der Waals surface area contributed by atoms with Crippen molar-refractivity contribution in [2.75, 3.05) is 0 Å². The predicted molar refractivity (Wildman–Crippen MR) is 105 cm³/mol. The van der Waals surface area contributed by atoms with Crippen LogP contribution in [-0.2, 0) is 9.59 Å². The van der Waals surface area contributed by atoms with Crippen LogP contribution in [0.2, 0.25) is 0 Å². The van der Waals surface area contributed by atoms with E-state index in [1.807, 2.05) is 26.0 Å². The third-order valence-electron chi connectivity index (χ3n) is 4.17. The zero-order valence-corrected chi connectivity index (χ0v) is 17.4. The summed E-state index contributed by atoms with van der Waals surface area (Å²) in [7, 11) is 0. The van der Waals surface area contributed by atoms with Crippen LogP contribution in [0.3, 0.4) is 0 Å². The van der Waals surface area contributed by atoms with Crippen molar-refractivity contribution in [1.29, 1.82) is 0 Å². The molecule has 2 aromatic rings. The first-order chi connectivity index (χ1) is 11.9. The molecule has 0 aliphatic rings. The Morgan fingerprint density at radius 1 is 1.36 bits per heavy atom. The van der Waals surface area contributed by atoms with Gasteiger partial charge in [-0.2, -0.15) is 0 Å². The highest BCUT2D eigenvalue weighted by Gasteiger charge is 2.30. The first kappa shape index (κ1) is 19.9. The molecular weight excluding hydrogens is 400 g/mol. The maximum Gasteiger partial charge on any atom is 0.152 e. The first-order valence-electron chi connectivity index (χ1n) is 8.45. The van der Waals surface area contributed by atoms with Crippen LogP contribution < -0.4 is 0 Å². The SMILES string of the molecule is CC[C@H](CC(C)C)C(=O)C(C=O)c1nc(-c2ccc(Br)cn2)sc1C. The van der Waals surface area contributed by atoms with Crippen LogP contribution in [0.15, 0.2) is 22.8 Å². The number of carbonyl (C=O) groups excluding carboxylic acids is 2. The molecule has 25 heavy (non-hydrogen) atoms. The highest BCUT2D eigenvalue weighted by atomic mass is 79.9. The molecule has 4 nitrogen and oxygen atoms in total. The number of aldehydes is 1. The maximum absolute atomic E-state index is 12.9. The number of carbonyl (C=O) groups is 2. The fourth-order valence-electron chi connectivity index (χ4n) is 2.88. The van der Waals surface area contributed by atoms with E-state index in [4.69, 9.17) is 0 Å². The molecule has 0 spiro atoms. The molecule has 134 valence electrons. The zero-order chi connectivity index (χ0) is 18.6. The second-order valence-corrected chi connectivity index (χ2v) is 8.69. The van der Waals surface area contributed by atoms with Gasteiger partial charge in [0.15, 0.2) is 5.78 Å². The van der Waals surface area contributed by atoms with E-state index in [9.17, 15) is 9.59 Å². The first-order valence-corrected chi connectivity index (χ1v) is 10.1. The van der Waals surface area contributed by atoms with Crippen molar-refractivity contribution in [2.24, 2.45) is 11.8 Å². The molecule has 1 unspecified atom stereocenters. The lowest BCUT2D eigenvalue weighted by Crippen LogP contribution is -2.25. The minimum absolute atomic E-state index is 0.0186. The third kappa shape index (κ3) is 4.82. The summed E-state index contributed by atoms with van der Waals surface area (Å²) in [6.45, 7) is 8.09. The molecule has 0 fully saturated rings. The van der Waals surface area contributed by atoms with E-state index < -0.39 is 5.92 Å². The van der Waals surface area contributed by atoms with Crippen LogP contribution >= 0.6 is 27.3 Å². The number of hydrogen-bond acceptors (Lipinski definition) is 5. The molecule has 0 saturated carbocycles. The molecule has 0 aliphatic carbocycles. The fraction of sp³-hybridized carbons (Fsp3) is 0.474. The van der Waals surface area contributed by atoms with Crippen molar-refractivity contribution in [3.05, 3.63) is 33.4 Å². The number of halogens is 1. The lowest BCUT2D eigenvalue weighted by atomic mass is 9.84. The van der Waals surface area contributed by atoms with Gasteiger partial charge in [0.1, 0.15) is 17.2 Å². The molecule has 2 aromatic heterocycles. The van der Waals surface area contributed by atoms with Crippen molar-refractivity contribution in [3.63, 3.8) is 0 Å². The molecule has 2 heterocycles. The fourth-order valence-corrected chi connectivity index (χ4v) is 4.05. The molecule has 0 saturated heterocycles. The van der Waals surface area contributed by atoms with E-state index in [1.165, 1.54) is 11.3 Å². The van der Waals surface area contributed by atoms with Crippen molar-refractivity contribution in [3.8, 4) is 10.7 Å². The van der Waals surface area contributed by atoms with E-state index in [-0.39, 0.29) is 11.7 Å². The Kier molecular flexibility index (Phi) is 7.02. The third-order valence-corrected chi connectivity index (χ3v) is 5.65. The number of rotatable bonds is 8. The van der Waals surface area contributed by atoms with Gasteiger partial charge in [-0.05, 0) is 53.7 Å². The Hall–Kier alpha value is -1.40. The summed E-state index contributed by atoms with van der Waals surface area (Å²) in [5.41, 5.74) is 1.32. The average Bonchev–Trinajstić information content (AvgIpc) is 2.95. The Morgan fingerprint density at radius 2 is 2.08 bits per heavy atom. The van der Waals surface area contributed by atoms with Crippen molar-refractivity contribution >= 4 is 39.3 Å². The number of pyridine rings is 1. The van der Waals surface area contributed by atoms with Gasteiger partial charge in [-0.25, -0.2) is 4.98 Å². The average molecular weight is 423 g/mol. The van der Waals surface area contributed by atoms with Crippen LogP contribution in [0.25, 0.3) is 10.7 Å². The Bertz CT molecular complexity index is 740. The van der Waals surface area contributed by atoms with Crippen molar-refractivity contribution in [1.82, 2.24) is 9.97 Å². The van der Waals surface area contributed by atoms with Crippen LogP contribution in [0.1, 0.15) is 50.1 Å². The van der Waals surface area contributed by atoms with Crippen LogP contribution in [-0.4, -0.2) is 22.0 Å². The van der Waals surface area contributed by atoms with Gasteiger partial charge in [0.05, 0.1) is 11.4 Å². The second-order valence-electron chi connectivity index (χ2n) is 6.57. The van der Waals surface area contributed by atoms with Gasteiger partial charge in [-0.1, -0.05) is 20.8 Å². The van der Waals surface area contributed by atoms with Gasteiger partial charge in [-0.3, -0.25) is 9.78 Å². The molecule has 0 aliphatic heterocycles. The van der Waals surface area contributed by atoms with Gasteiger partial charge in [0.2, 0.25) is 0 Å². The predicted octanol–water partition coefficient (Wildman–Crippen LogP) is 5.20. The van der Waals surface area contributed by atoms with Gasteiger partial charge in [-0.15, -0.1) is 11.3 Å². The number of nitrogens with zero attached hydrogens (tertiary/aromatic N) is 2. The highest BCUT2D eigenvalue weighted by Crippen LogP contribution is 2.33. The van der Waals surface area contributed by atoms with Crippen LogP contribution in [0, 0.1) is 18.8 Å². The summed E-state index contributed by atoms with van der Waals surface area (Å²) in [6.07, 6.45) is 3.99. The summed E-state index contributed by atoms with van der Waals surface area (Å²) in [5, 5.41) is 0.733. The number of ketones is 1. The molecule has 2 atom stereocenters. The zero-order valence-electron chi connectivity index (χ0n) is 15.0. The van der Waals surface area contributed by atoms with E-state index in [0.29, 0.717) is 11.6 Å². The molecule has 6 heteroatoms. The van der Waals surface area contributed by atoms with Gasteiger partial charge in [0, 0.05) is 21.5 Å². The van der Waals surface area contributed by atoms with Gasteiger partial charge >= 0.3 is 0 Å². The summed E-state index contributed by atoms with van der Waals surface area (Å²) in [4.78, 5) is 34.4. The molecule has 0 N–H and O–H groups in total. The van der Waals surface area contributed by atoms with Gasteiger partial charge < -0.3 is 4.79 Å². The normalized spacial score (nSPS) is 13.7. The Labute approximate surface area is 161 Å². The quantitative estimate of drug-likeness (QED) is 0.433. The number of hydrogen-bond donors (Lipinski definition) is 0. The minimum Gasteiger partial charge on any atom is -0.302 e. The highest BCUT2D eigenvalue weighted by molar-refractivity contribution is 9.10. The Morgan fingerprint density at radius 3 is 2.60 bits per heavy atom. The second kappa shape index (κ2) is 8.81. The van der Waals surface area contributed by atoms with E-state index in [2.05, 4.69) is 39.7 Å². The number of aryl methyl sites for hydroxylation is 1. The maximum atomic E-state index is 12.9. The van der Waals surface area contributed by atoms with Crippen molar-refractivity contribution in [2.45, 2.75) is 46.5 Å². The van der Waals surface area contributed by atoms with Crippen LogP contribution in [0.4, 0.5) is 0 Å². The van der Waals surface area contributed by atoms with Gasteiger partial charge in [0.25, 0.3) is 0 Å². The summed E-state index contributed by atoms with van der Waals surface area (Å²) < 4.78 is 0.894. The number of thiazole rings is 1. The lowest BCUT2D eigenvalue weighted by molar-refractivity contribution is -0.128. The van der Waals surface area contributed by atoms with Crippen LogP contribution in [0.5, 0.6) is 0 Å². The largest absolute Gasteiger partial charge is 0.302 e. The van der Waals surface area contributed by atoms with E-state index >= 15 is 0 Å². The lowest BCUT2D eigenvalue weighted by Gasteiger charge is -2.19. The minimum atomic E-state index is -0.788. The Balaban J connectivity index is 2.33. The molecule has 2 rings (SSSR count). The van der Waals surface area contributed by atoms with E-state index in [1.54, 1.807) is 6.20 Å². The number of aromatic nitrogens is 2. The summed E-state index contributed by atoms with van der Waals surface area (Å²) >= 11 is 4.83. The molecular formula is C19H23BrN2O2S. The topological polar surface area (TPSA) is 59.9 Å². The monoisotopic (exact) mass is 422 g/mol. The standard InChI is InChI=1S/C19H23BrN2O2S/c1-5-13(8-11(2)3)18(24)15(10-23)17-12(4)25-19(22-17)16-7-6-14(20)9-21-16/h6-7,9-11,13,15H,5,8H2,1-4H3/t13-,15?/m1/s1.